The third-order valence-corrected chi connectivity index (χ3v) is 5.53. The number of unbranched alkanes of at least 4 members (excludes halogenated alkanes) is 6. The molecule has 5 nitrogen and oxygen atoms in total. The number of amides is 1. The van der Waals surface area contributed by atoms with E-state index >= 15 is 0 Å². The molecule has 172 valence electrons. The highest BCUT2D eigenvalue weighted by Gasteiger charge is 2.13. The van der Waals surface area contributed by atoms with Gasteiger partial charge in [-0.3, -0.25) is 4.79 Å². The van der Waals surface area contributed by atoms with E-state index in [4.69, 9.17) is 4.74 Å². The van der Waals surface area contributed by atoms with Crippen LogP contribution in [0.15, 0.2) is 71.8 Å². The number of nitrogens with zero attached hydrogens (tertiary/aromatic N) is 1. The fourth-order valence-electron chi connectivity index (χ4n) is 3.70. The van der Waals surface area contributed by atoms with Crippen molar-refractivity contribution in [2.24, 2.45) is 5.10 Å². The Bertz CT molecular complexity index is 1080. The van der Waals surface area contributed by atoms with Gasteiger partial charge in [-0.15, -0.1) is 0 Å². The van der Waals surface area contributed by atoms with Gasteiger partial charge in [0.15, 0.2) is 0 Å². The molecule has 0 unspecified atom stereocenters. The lowest BCUT2D eigenvalue weighted by Gasteiger charge is -2.10. The minimum atomic E-state index is -0.441. The Kier molecular flexibility index (Phi) is 9.64. The van der Waals surface area contributed by atoms with E-state index in [1.165, 1.54) is 32.1 Å². The van der Waals surface area contributed by atoms with Crippen LogP contribution in [0.2, 0.25) is 0 Å². The lowest BCUT2D eigenvalue weighted by molar-refractivity contribution is -0.121. The molecular formula is C28H32N2O3. The number of hydrogen-bond donors (Lipinski definition) is 1. The molecule has 5 heteroatoms. The molecule has 0 fully saturated rings. The first-order chi connectivity index (χ1) is 16.2. The Balaban J connectivity index is 1.63. The smallest absolute Gasteiger partial charge is 0.343 e. The van der Waals surface area contributed by atoms with Crippen molar-refractivity contribution in [3.63, 3.8) is 0 Å². The minimum absolute atomic E-state index is 0.108. The highest BCUT2D eigenvalue weighted by Crippen LogP contribution is 2.27. The van der Waals surface area contributed by atoms with Gasteiger partial charge in [-0.05, 0) is 35.4 Å². The summed E-state index contributed by atoms with van der Waals surface area (Å²) in [7, 11) is 0. The first-order valence-electron chi connectivity index (χ1n) is 11.8. The van der Waals surface area contributed by atoms with Crippen LogP contribution in [0.3, 0.4) is 0 Å². The molecule has 33 heavy (non-hydrogen) atoms. The van der Waals surface area contributed by atoms with Crippen molar-refractivity contribution in [1.82, 2.24) is 5.43 Å². The summed E-state index contributed by atoms with van der Waals surface area (Å²) in [6.07, 6.45) is 10.1. The molecule has 0 aliphatic rings. The molecule has 0 aliphatic carbocycles. The average molecular weight is 445 g/mol. The van der Waals surface area contributed by atoms with Crippen LogP contribution >= 0.6 is 0 Å². The zero-order valence-electron chi connectivity index (χ0n) is 19.3. The molecule has 3 rings (SSSR count). The second-order valence-electron chi connectivity index (χ2n) is 8.12. The number of nitrogens with one attached hydrogen (secondary N) is 1. The molecule has 0 atom stereocenters. The zero-order valence-corrected chi connectivity index (χ0v) is 19.3. The van der Waals surface area contributed by atoms with Crippen molar-refractivity contribution in [1.29, 1.82) is 0 Å². The highest BCUT2D eigenvalue weighted by atomic mass is 16.5. The van der Waals surface area contributed by atoms with Gasteiger partial charge in [0.1, 0.15) is 5.75 Å². The van der Waals surface area contributed by atoms with Crippen molar-refractivity contribution >= 4 is 28.9 Å². The van der Waals surface area contributed by atoms with Gasteiger partial charge in [0.25, 0.3) is 0 Å². The quantitative estimate of drug-likeness (QED) is 0.112. The van der Waals surface area contributed by atoms with Gasteiger partial charge in [0, 0.05) is 12.0 Å². The molecule has 0 saturated heterocycles. The predicted molar refractivity (Wildman–Crippen MR) is 134 cm³/mol. The number of benzene rings is 3. The van der Waals surface area contributed by atoms with E-state index in [0.29, 0.717) is 23.3 Å². The number of fused-ring (bicyclic) bond motifs is 1. The summed E-state index contributed by atoms with van der Waals surface area (Å²) in [6, 6.07) is 20.3. The molecule has 1 amide bonds. The number of hydrazone groups is 1. The third-order valence-electron chi connectivity index (χ3n) is 5.53. The minimum Gasteiger partial charge on any atom is -0.422 e. The maximum atomic E-state index is 12.6. The zero-order chi connectivity index (χ0) is 23.3. The summed E-state index contributed by atoms with van der Waals surface area (Å²) in [4.78, 5) is 24.7. The van der Waals surface area contributed by atoms with Crippen LogP contribution in [0.25, 0.3) is 10.8 Å². The average Bonchev–Trinajstić information content (AvgIpc) is 2.85. The van der Waals surface area contributed by atoms with Gasteiger partial charge in [-0.25, -0.2) is 10.2 Å². The van der Waals surface area contributed by atoms with E-state index < -0.39 is 5.97 Å². The standard InChI is InChI=1S/C28H32N2O3/c1-2-3-4-5-6-7-11-18-27(31)30-29-21-25-24-17-13-12-14-22(24)19-20-26(25)33-28(32)23-15-9-8-10-16-23/h8-10,12-17,19-21H,2-7,11,18H2,1H3,(H,30,31). The van der Waals surface area contributed by atoms with Crippen LogP contribution in [0.1, 0.15) is 74.2 Å². The first kappa shape index (κ1) is 24.2. The molecule has 0 heterocycles. The summed E-state index contributed by atoms with van der Waals surface area (Å²) >= 11 is 0. The Morgan fingerprint density at radius 1 is 0.848 bits per heavy atom. The van der Waals surface area contributed by atoms with E-state index in [1.54, 1.807) is 36.5 Å². The monoisotopic (exact) mass is 444 g/mol. The fraction of sp³-hybridized carbons (Fsp3) is 0.321. The van der Waals surface area contributed by atoms with Crippen molar-refractivity contribution < 1.29 is 14.3 Å². The fourth-order valence-corrected chi connectivity index (χ4v) is 3.70. The maximum absolute atomic E-state index is 12.6. The van der Waals surface area contributed by atoms with E-state index in [0.717, 1.165) is 23.6 Å². The summed E-state index contributed by atoms with van der Waals surface area (Å²) in [5.41, 5.74) is 3.73. The van der Waals surface area contributed by atoms with Crippen LogP contribution in [-0.2, 0) is 4.79 Å². The molecule has 0 aromatic heterocycles. The van der Waals surface area contributed by atoms with Gasteiger partial charge >= 0.3 is 5.97 Å². The number of carbonyl (C=O) groups excluding carboxylic acids is 2. The number of carbonyl (C=O) groups is 2. The lowest BCUT2D eigenvalue weighted by atomic mass is 10.0. The number of rotatable bonds is 12. The third kappa shape index (κ3) is 7.56. The van der Waals surface area contributed by atoms with Crippen molar-refractivity contribution in [2.75, 3.05) is 0 Å². The molecular weight excluding hydrogens is 412 g/mol. The van der Waals surface area contributed by atoms with Gasteiger partial charge in [0.05, 0.1) is 11.8 Å². The molecule has 0 radical (unpaired) electrons. The van der Waals surface area contributed by atoms with E-state index in [2.05, 4.69) is 17.5 Å². The van der Waals surface area contributed by atoms with Crippen LogP contribution in [0, 0.1) is 0 Å². The second-order valence-corrected chi connectivity index (χ2v) is 8.12. The van der Waals surface area contributed by atoms with E-state index in [1.807, 2.05) is 36.4 Å². The molecule has 0 spiro atoms. The van der Waals surface area contributed by atoms with Gasteiger partial charge in [0.2, 0.25) is 5.91 Å². The van der Waals surface area contributed by atoms with E-state index in [9.17, 15) is 9.59 Å². The summed E-state index contributed by atoms with van der Waals surface area (Å²) in [5, 5.41) is 6.04. The maximum Gasteiger partial charge on any atom is 0.343 e. The first-order valence-corrected chi connectivity index (χ1v) is 11.8. The number of ether oxygens (including phenoxy) is 1. The Morgan fingerprint density at radius 3 is 2.33 bits per heavy atom. The lowest BCUT2D eigenvalue weighted by Crippen LogP contribution is -2.17. The van der Waals surface area contributed by atoms with E-state index in [-0.39, 0.29) is 5.91 Å². The van der Waals surface area contributed by atoms with Gasteiger partial charge < -0.3 is 4.74 Å². The SMILES string of the molecule is CCCCCCCCCC(=O)NN=Cc1c(OC(=O)c2ccccc2)ccc2ccccc12. The van der Waals surface area contributed by atoms with Crippen LogP contribution in [0.5, 0.6) is 5.75 Å². The summed E-state index contributed by atoms with van der Waals surface area (Å²) < 4.78 is 5.67. The topological polar surface area (TPSA) is 67.8 Å². The molecule has 3 aromatic rings. The normalized spacial score (nSPS) is 11.1. The highest BCUT2D eigenvalue weighted by molar-refractivity contribution is 6.04. The van der Waals surface area contributed by atoms with Crippen molar-refractivity contribution in [3.8, 4) is 5.75 Å². The Labute approximate surface area is 195 Å². The summed E-state index contributed by atoms with van der Waals surface area (Å²) in [6.45, 7) is 2.21. The van der Waals surface area contributed by atoms with Crippen LogP contribution < -0.4 is 10.2 Å². The van der Waals surface area contributed by atoms with Gasteiger partial charge in [-0.2, -0.15) is 5.10 Å². The Morgan fingerprint density at radius 2 is 1.55 bits per heavy atom. The van der Waals surface area contributed by atoms with Crippen LogP contribution in [-0.4, -0.2) is 18.1 Å². The molecule has 3 aromatic carbocycles. The number of hydrogen-bond acceptors (Lipinski definition) is 4. The number of esters is 1. The van der Waals surface area contributed by atoms with Crippen molar-refractivity contribution in [3.05, 3.63) is 77.9 Å². The largest absolute Gasteiger partial charge is 0.422 e. The van der Waals surface area contributed by atoms with Crippen molar-refractivity contribution in [2.45, 2.75) is 58.3 Å². The summed E-state index contributed by atoms with van der Waals surface area (Å²) in [5.74, 6) is -0.154. The molecule has 0 bridgehead atoms. The molecule has 1 N–H and O–H groups in total. The molecule has 0 saturated carbocycles. The second kappa shape index (κ2) is 13.2. The Hall–Kier alpha value is -3.47. The molecule has 0 aliphatic heterocycles. The van der Waals surface area contributed by atoms with Gasteiger partial charge in [-0.1, -0.05) is 94.0 Å². The van der Waals surface area contributed by atoms with Crippen LogP contribution in [0.4, 0.5) is 0 Å². The predicted octanol–water partition coefficient (Wildman–Crippen LogP) is 6.65.